The van der Waals surface area contributed by atoms with E-state index in [0.29, 0.717) is 0 Å². The number of pyridine rings is 1. The number of carbonyl (C=O) groups is 1. The summed E-state index contributed by atoms with van der Waals surface area (Å²) in [5.74, 6) is 1.74. The fourth-order valence-electron chi connectivity index (χ4n) is 3.71. The molecule has 0 unspecified atom stereocenters. The first kappa shape index (κ1) is 19.6. The number of ether oxygens (including phenoxy) is 1. The highest BCUT2D eigenvalue weighted by Crippen LogP contribution is 2.27. The molecule has 1 aliphatic rings. The molecule has 0 bridgehead atoms. The zero-order valence-corrected chi connectivity index (χ0v) is 17.6. The highest BCUT2D eigenvalue weighted by molar-refractivity contribution is 7.97. The molecule has 0 atom stereocenters. The van der Waals surface area contributed by atoms with Crippen LogP contribution >= 0.6 is 11.9 Å². The minimum Gasteiger partial charge on any atom is -0.490 e. The highest BCUT2D eigenvalue weighted by atomic mass is 32.2. The number of hydrogen-bond acceptors (Lipinski definition) is 4. The van der Waals surface area contributed by atoms with Crippen molar-refractivity contribution in [3.05, 3.63) is 54.4 Å². The average molecular weight is 411 g/mol. The van der Waals surface area contributed by atoms with Crippen molar-refractivity contribution >= 4 is 23.5 Å². The first-order valence-electron chi connectivity index (χ1n) is 10.0. The molecule has 0 saturated carbocycles. The standard InChI is InChI=1S/C22H26N4O2S/c1-3-29-24-22(27)25-14-11-20(12-15-25)28-19-7-4-17(5-8-19)21-9-6-18-10-13-23-26(18)16(21)2/h4-10,13,20H,3,11-12,14-15H2,1-2H3,(H,24,27). The van der Waals surface area contributed by atoms with Gasteiger partial charge in [0.1, 0.15) is 11.9 Å². The lowest BCUT2D eigenvalue weighted by Gasteiger charge is -2.32. The van der Waals surface area contributed by atoms with E-state index in [0.717, 1.165) is 59.8 Å². The molecule has 3 aromatic rings. The number of rotatable bonds is 5. The molecule has 0 radical (unpaired) electrons. The normalized spacial score (nSPS) is 14.9. The molecule has 1 N–H and O–H groups in total. The Balaban J connectivity index is 1.36. The molecule has 2 amide bonds. The topological polar surface area (TPSA) is 58.9 Å². The Morgan fingerprint density at radius 1 is 1.17 bits per heavy atom. The maximum Gasteiger partial charge on any atom is 0.327 e. The monoisotopic (exact) mass is 410 g/mol. The number of fused-ring (bicyclic) bond motifs is 1. The number of piperidine rings is 1. The molecule has 0 spiro atoms. The third-order valence-electron chi connectivity index (χ3n) is 5.30. The quantitative estimate of drug-likeness (QED) is 0.628. The summed E-state index contributed by atoms with van der Waals surface area (Å²) < 4.78 is 11.0. The Morgan fingerprint density at radius 3 is 2.66 bits per heavy atom. The lowest BCUT2D eigenvalue weighted by molar-refractivity contribution is 0.113. The Morgan fingerprint density at radius 2 is 1.93 bits per heavy atom. The van der Waals surface area contributed by atoms with Crippen molar-refractivity contribution in [1.82, 2.24) is 19.2 Å². The van der Waals surface area contributed by atoms with Crippen molar-refractivity contribution in [2.24, 2.45) is 0 Å². The smallest absolute Gasteiger partial charge is 0.327 e. The second kappa shape index (κ2) is 8.78. The van der Waals surface area contributed by atoms with Gasteiger partial charge in [0.2, 0.25) is 0 Å². The van der Waals surface area contributed by atoms with E-state index in [4.69, 9.17) is 4.74 Å². The SMILES string of the molecule is CCSNC(=O)N1CCC(Oc2ccc(-c3ccc4ccnn4c3C)cc2)CC1. The van der Waals surface area contributed by atoms with E-state index in [-0.39, 0.29) is 12.1 Å². The molecular formula is C22H26N4O2S. The zero-order valence-electron chi connectivity index (χ0n) is 16.8. The Kier molecular flexibility index (Phi) is 5.94. The molecule has 3 heterocycles. The van der Waals surface area contributed by atoms with Gasteiger partial charge in [0.25, 0.3) is 0 Å². The van der Waals surface area contributed by atoms with E-state index >= 15 is 0 Å². The summed E-state index contributed by atoms with van der Waals surface area (Å²) >= 11 is 1.44. The summed E-state index contributed by atoms with van der Waals surface area (Å²) in [5, 5.41) is 4.39. The van der Waals surface area contributed by atoms with Crippen LogP contribution in [0.4, 0.5) is 4.79 Å². The van der Waals surface area contributed by atoms with Crippen LogP contribution in [0.5, 0.6) is 5.75 Å². The number of aromatic nitrogens is 2. The number of hydrogen-bond donors (Lipinski definition) is 1. The summed E-state index contributed by atoms with van der Waals surface area (Å²) in [5.41, 5.74) is 4.52. The summed E-state index contributed by atoms with van der Waals surface area (Å²) in [6.45, 7) is 5.56. The number of nitrogens with one attached hydrogen (secondary N) is 1. The molecule has 4 rings (SSSR count). The molecule has 2 aromatic heterocycles. The van der Waals surface area contributed by atoms with Crippen molar-refractivity contribution in [2.75, 3.05) is 18.8 Å². The molecule has 1 aromatic carbocycles. The number of amides is 2. The summed E-state index contributed by atoms with van der Waals surface area (Å²) in [4.78, 5) is 13.9. The van der Waals surface area contributed by atoms with E-state index in [1.54, 1.807) is 0 Å². The largest absolute Gasteiger partial charge is 0.490 e. The number of aryl methyl sites for hydroxylation is 1. The van der Waals surface area contributed by atoms with Gasteiger partial charge in [-0.15, -0.1) is 0 Å². The van der Waals surface area contributed by atoms with Gasteiger partial charge < -0.3 is 9.64 Å². The van der Waals surface area contributed by atoms with Crippen LogP contribution in [0.25, 0.3) is 16.6 Å². The van der Waals surface area contributed by atoms with Gasteiger partial charge in [-0.05, 0) is 48.7 Å². The predicted molar refractivity (Wildman–Crippen MR) is 117 cm³/mol. The summed E-state index contributed by atoms with van der Waals surface area (Å²) in [7, 11) is 0. The number of nitrogens with zero attached hydrogens (tertiary/aromatic N) is 3. The van der Waals surface area contributed by atoms with Gasteiger partial charge in [-0.25, -0.2) is 9.31 Å². The fraction of sp³-hybridized carbons (Fsp3) is 0.364. The second-order valence-electron chi connectivity index (χ2n) is 7.17. The van der Waals surface area contributed by atoms with Crippen LogP contribution in [-0.2, 0) is 0 Å². The van der Waals surface area contributed by atoms with Gasteiger partial charge in [-0.2, -0.15) is 5.10 Å². The van der Waals surface area contributed by atoms with Gasteiger partial charge in [0.05, 0.1) is 5.52 Å². The van der Waals surface area contributed by atoms with Gasteiger partial charge in [0.15, 0.2) is 0 Å². The van der Waals surface area contributed by atoms with Crippen molar-refractivity contribution in [3.8, 4) is 16.9 Å². The predicted octanol–water partition coefficient (Wildman–Crippen LogP) is 4.53. The van der Waals surface area contributed by atoms with E-state index in [1.165, 1.54) is 11.9 Å². The van der Waals surface area contributed by atoms with E-state index in [9.17, 15) is 4.79 Å². The number of likely N-dealkylation sites (tertiary alicyclic amines) is 1. The first-order valence-corrected chi connectivity index (χ1v) is 11.0. The molecule has 6 nitrogen and oxygen atoms in total. The molecule has 7 heteroatoms. The molecule has 152 valence electrons. The van der Waals surface area contributed by atoms with E-state index < -0.39 is 0 Å². The van der Waals surface area contributed by atoms with Crippen LogP contribution in [0.1, 0.15) is 25.5 Å². The lowest BCUT2D eigenvalue weighted by Crippen LogP contribution is -2.44. The first-order chi connectivity index (χ1) is 14.2. The minimum atomic E-state index is 0.00386. The lowest BCUT2D eigenvalue weighted by atomic mass is 10.0. The zero-order chi connectivity index (χ0) is 20.2. The Bertz CT molecular complexity index is 978. The fourth-order valence-corrected chi connectivity index (χ4v) is 4.11. The molecule has 29 heavy (non-hydrogen) atoms. The third-order valence-corrected chi connectivity index (χ3v) is 5.91. The van der Waals surface area contributed by atoms with Crippen LogP contribution in [0.3, 0.4) is 0 Å². The van der Waals surface area contributed by atoms with Crippen molar-refractivity contribution in [2.45, 2.75) is 32.8 Å². The Hall–Kier alpha value is -2.67. The maximum atomic E-state index is 12.0. The number of urea groups is 1. The van der Waals surface area contributed by atoms with Crippen LogP contribution in [0.2, 0.25) is 0 Å². The van der Waals surface area contributed by atoms with E-state index in [1.807, 2.05) is 40.7 Å². The summed E-state index contributed by atoms with van der Waals surface area (Å²) in [6.07, 6.45) is 3.66. The second-order valence-corrected chi connectivity index (χ2v) is 8.24. The van der Waals surface area contributed by atoms with Gasteiger partial charge >= 0.3 is 6.03 Å². The van der Waals surface area contributed by atoms with Crippen LogP contribution in [-0.4, -0.2) is 45.5 Å². The van der Waals surface area contributed by atoms with Gasteiger partial charge in [-0.1, -0.05) is 25.1 Å². The minimum absolute atomic E-state index is 0.00386. The maximum absolute atomic E-state index is 12.0. The van der Waals surface area contributed by atoms with Crippen LogP contribution in [0, 0.1) is 6.92 Å². The molecular weight excluding hydrogens is 384 g/mol. The molecule has 1 fully saturated rings. The van der Waals surface area contributed by atoms with Crippen molar-refractivity contribution in [1.29, 1.82) is 0 Å². The van der Waals surface area contributed by atoms with Crippen molar-refractivity contribution < 1.29 is 9.53 Å². The molecule has 1 saturated heterocycles. The molecule has 0 aliphatic carbocycles. The third kappa shape index (κ3) is 4.34. The van der Waals surface area contributed by atoms with Gasteiger partial charge in [0, 0.05) is 49.1 Å². The van der Waals surface area contributed by atoms with Crippen molar-refractivity contribution in [3.63, 3.8) is 0 Å². The number of benzene rings is 1. The Labute approximate surface area is 175 Å². The molecule has 1 aliphatic heterocycles. The average Bonchev–Trinajstić information content (AvgIpc) is 3.23. The van der Waals surface area contributed by atoms with Crippen LogP contribution < -0.4 is 9.46 Å². The summed E-state index contributed by atoms with van der Waals surface area (Å²) in [6, 6.07) is 14.5. The van der Waals surface area contributed by atoms with Crippen LogP contribution in [0.15, 0.2) is 48.7 Å². The van der Waals surface area contributed by atoms with E-state index in [2.05, 4.69) is 41.0 Å². The highest BCUT2D eigenvalue weighted by Gasteiger charge is 2.23. The van der Waals surface area contributed by atoms with Gasteiger partial charge in [-0.3, -0.25) is 4.72 Å². The number of carbonyl (C=O) groups excluding carboxylic acids is 1.